The molecular formula is C18H27BO4. The maximum atomic E-state index is 6.16. The lowest BCUT2D eigenvalue weighted by atomic mass is 9.78. The van der Waals surface area contributed by atoms with Gasteiger partial charge in [-0.25, -0.2) is 0 Å². The van der Waals surface area contributed by atoms with Gasteiger partial charge in [0.2, 0.25) is 0 Å². The van der Waals surface area contributed by atoms with Crippen LogP contribution in [0.25, 0.3) is 0 Å². The maximum Gasteiger partial charge on any atom is 0.498 e. The van der Waals surface area contributed by atoms with Gasteiger partial charge in [0.1, 0.15) is 11.5 Å². The van der Waals surface area contributed by atoms with E-state index in [9.17, 15) is 0 Å². The Bertz CT molecular complexity index is 562. The molecule has 1 aliphatic heterocycles. The van der Waals surface area contributed by atoms with Crippen LogP contribution < -0.4 is 14.9 Å². The van der Waals surface area contributed by atoms with E-state index in [2.05, 4.69) is 27.7 Å². The van der Waals surface area contributed by atoms with Crippen molar-refractivity contribution in [2.75, 3.05) is 0 Å². The summed E-state index contributed by atoms with van der Waals surface area (Å²) in [5.41, 5.74) is 0.187. The molecule has 0 atom stereocenters. The van der Waals surface area contributed by atoms with Gasteiger partial charge in [-0.05, 0) is 60.5 Å². The highest BCUT2D eigenvalue weighted by molar-refractivity contribution is 6.63. The Morgan fingerprint density at radius 1 is 1.09 bits per heavy atom. The zero-order valence-corrected chi connectivity index (χ0v) is 15.0. The van der Waals surface area contributed by atoms with Crippen molar-refractivity contribution in [1.29, 1.82) is 0 Å². The molecule has 1 heterocycles. The van der Waals surface area contributed by atoms with Crippen LogP contribution in [0.2, 0.25) is 0 Å². The van der Waals surface area contributed by atoms with Crippen molar-refractivity contribution in [2.24, 2.45) is 0 Å². The molecule has 23 heavy (non-hydrogen) atoms. The summed E-state index contributed by atoms with van der Waals surface area (Å²) in [5, 5.41) is 0. The molecule has 5 heteroatoms. The minimum absolute atomic E-state index is 0.0762. The first-order chi connectivity index (χ1) is 10.7. The van der Waals surface area contributed by atoms with Gasteiger partial charge in [-0.15, -0.1) is 0 Å². The van der Waals surface area contributed by atoms with Crippen LogP contribution in [0, 0.1) is 0 Å². The van der Waals surface area contributed by atoms with Crippen molar-refractivity contribution < 1.29 is 18.8 Å². The van der Waals surface area contributed by atoms with Crippen molar-refractivity contribution >= 4 is 12.6 Å². The lowest BCUT2D eigenvalue weighted by Gasteiger charge is -2.32. The number of rotatable bonds is 5. The highest BCUT2D eigenvalue weighted by Crippen LogP contribution is 2.38. The van der Waals surface area contributed by atoms with Crippen LogP contribution in [0.5, 0.6) is 11.5 Å². The first-order valence-corrected chi connectivity index (χ1v) is 8.51. The number of hydrogen-bond donors (Lipinski definition) is 0. The second kappa shape index (κ2) is 5.71. The minimum atomic E-state index is -0.427. The van der Waals surface area contributed by atoms with Gasteiger partial charge in [-0.2, -0.15) is 0 Å². The molecule has 1 aliphatic carbocycles. The van der Waals surface area contributed by atoms with Gasteiger partial charge in [0.15, 0.2) is 0 Å². The van der Waals surface area contributed by atoms with Crippen LogP contribution in [-0.4, -0.2) is 30.5 Å². The Balaban J connectivity index is 1.88. The number of hydrogen-bond acceptors (Lipinski definition) is 4. The zero-order chi connectivity index (χ0) is 16.8. The van der Waals surface area contributed by atoms with Crippen molar-refractivity contribution in [1.82, 2.24) is 0 Å². The van der Waals surface area contributed by atoms with Crippen molar-refractivity contribution in [3.8, 4) is 11.5 Å². The molecule has 0 N–H and O–H groups in total. The van der Waals surface area contributed by atoms with E-state index < -0.39 is 7.12 Å². The smallest absolute Gasteiger partial charge is 0.491 e. The van der Waals surface area contributed by atoms with E-state index in [1.54, 1.807) is 0 Å². The summed E-state index contributed by atoms with van der Waals surface area (Å²) < 4.78 is 24.2. The molecular weight excluding hydrogens is 291 g/mol. The molecule has 1 aromatic carbocycles. The maximum absolute atomic E-state index is 6.16. The average molecular weight is 318 g/mol. The fraction of sp³-hybridized carbons (Fsp3) is 0.667. The molecule has 3 rings (SSSR count). The molecule has 0 bridgehead atoms. The Kier molecular flexibility index (Phi) is 4.13. The van der Waals surface area contributed by atoms with E-state index in [1.807, 2.05) is 32.0 Å². The van der Waals surface area contributed by atoms with Crippen LogP contribution in [0.15, 0.2) is 18.2 Å². The van der Waals surface area contributed by atoms with Gasteiger partial charge in [-0.1, -0.05) is 6.07 Å². The standard InChI is InChI=1S/C18H27BO4/c1-12(2)20-16-11-14(21-13-7-8-13)9-10-15(16)19-22-17(3,4)18(5,6)23-19/h9-13H,7-8H2,1-6H3. The second-order valence-electron chi connectivity index (χ2n) is 7.77. The highest BCUT2D eigenvalue weighted by atomic mass is 16.7. The van der Waals surface area contributed by atoms with Gasteiger partial charge in [0.25, 0.3) is 0 Å². The summed E-state index contributed by atoms with van der Waals surface area (Å²) >= 11 is 0. The monoisotopic (exact) mass is 318 g/mol. The molecule has 1 saturated heterocycles. The molecule has 126 valence electrons. The fourth-order valence-corrected chi connectivity index (χ4v) is 2.49. The quantitative estimate of drug-likeness (QED) is 0.781. The average Bonchev–Trinajstić information content (AvgIpc) is 3.16. The molecule has 0 radical (unpaired) electrons. The molecule has 2 fully saturated rings. The van der Waals surface area contributed by atoms with Gasteiger partial charge >= 0.3 is 7.12 Å². The SMILES string of the molecule is CC(C)Oc1cc(OC2CC2)ccc1B1OC(C)(C)C(C)(C)O1. The topological polar surface area (TPSA) is 36.9 Å². The van der Waals surface area contributed by atoms with Crippen LogP contribution in [-0.2, 0) is 9.31 Å². The van der Waals surface area contributed by atoms with Gasteiger partial charge in [-0.3, -0.25) is 0 Å². The minimum Gasteiger partial charge on any atom is -0.491 e. The number of benzene rings is 1. The molecule has 2 aliphatic rings. The van der Waals surface area contributed by atoms with E-state index in [0.717, 1.165) is 29.8 Å². The lowest BCUT2D eigenvalue weighted by Crippen LogP contribution is -2.41. The predicted molar refractivity (Wildman–Crippen MR) is 91.6 cm³/mol. The third-order valence-corrected chi connectivity index (χ3v) is 4.68. The molecule has 0 spiro atoms. The zero-order valence-electron chi connectivity index (χ0n) is 15.0. The summed E-state index contributed by atoms with van der Waals surface area (Å²) in [6.07, 6.45) is 2.72. The molecule has 4 nitrogen and oxygen atoms in total. The molecule has 1 aromatic rings. The highest BCUT2D eigenvalue weighted by Gasteiger charge is 2.52. The lowest BCUT2D eigenvalue weighted by molar-refractivity contribution is 0.00578. The Morgan fingerprint density at radius 2 is 1.70 bits per heavy atom. The van der Waals surface area contributed by atoms with Crippen molar-refractivity contribution in [3.63, 3.8) is 0 Å². The summed E-state index contributed by atoms with van der Waals surface area (Å²) in [4.78, 5) is 0. The van der Waals surface area contributed by atoms with Crippen molar-refractivity contribution in [2.45, 2.75) is 77.8 Å². The van der Waals surface area contributed by atoms with Gasteiger partial charge in [0, 0.05) is 11.5 Å². The first-order valence-electron chi connectivity index (χ1n) is 8.51. The van der Waals surface area contributed by atoms with Crippen LogP contribution >= 0.6 is 0 Å². The second-order valence-corrected chi connectivity index (χ2v) is 7.77. The molecule has 1 saturated carbocycles. The number of ether oxygens (including phenoxy) is 2. The van der Waals surface area contributed by atoms with Crippen LogP contribution in [0.1, 0.15) is 54.4 Å². The van der Waals surface area contributed by atoms with Crippen LogP contribution in [0.3, 0.4) is 0 Å². The third kappa shape index (κ3) is 3.51. The van der Waals surface area contributed by atoms with Gasteiger partial charge in [0.05, 0.1) is 23.4 Å². The van der Waals surface area contributed by atoms with E-state index in [1.165, 1.54) is 0 Å². The Labute approximate surface area is 139 Å². The summed E-state index contributed by atoms with van der Waals surface area (Å²) in [6.45, 7) is 12.3. The summed E-state index contributed by atoms with van der Waals surface area (Å²) in [5.74, 6) is 1.63. The predicted octanol–water partition coefficient (Wildman–Crippen LogP) is 3.31. The van der Waals surface area contributed by atoms with Crippen LogP contribution in [0.4, 0.5) is 0 Å². The fourth-order valence-electron chi connectivity index (χ4n) is 2.49. The van der Waals surface area contributed by atoms with E-state index >= 15 is 0 Å². The van der Waals surface area contributed by atoms with E-state index in [0.29, 0.717) is 6.10 Å². The van der Waals surface area contributed by atoms with E-state index in [4.69, 9.17) is 18.8 Å². The molecule has 0 unspecified atom stereocenters. The third-order valence-electron chi connectivity index (χ3n) is 4.68. The van der Waals surface area contributed by atoms with Crippen molar-refractivity contribution in [3.05, 3.63) is 18.2 Å². The Morgan fingerprint density at radius 3 is 2.22 bits per heavy atom. The summed E-state index contributed by atoms with van der Waals surface area (Å²) in [7, 11) is -0.427. The first kappa shape index (κ1) is 16.7. The summed E-state index contributed by atoms with van der Waals surface area (Å²) in [6, 6.07) is 5.93. The largest absolute Gasteiger partial charge is 0.498 e. The molecule has 0 aromatic heterocycles. The van der Waals surface area contributed by atoms with E-state index in [-0.39, 0.29) is 17.3 Å². The molecule has 0 amide bonds. The normalized spacial score (nSPS) is 22.5. The van der Waals surface area contributed by atoms with Gasteiger partial charge < -0.3 is 18.8 Å². The Hall–Kier alpha value is -1.20.